The van der Waals surface area contributed by atoms with Gasteiger partial charge < -0.3 is 5.32 Å². The molecule has 1 aromatic heterocycles. The summed E-state index contributed by atoms with van der Waals surface area (Å²) in [5.41, 5.74) is 0.899. The van der Waals surface area contributed by atoms with Crippen molar-refractivity contribution in [2.24, 2.45) is 0 Å². The molecule has 0 radical (unpaired) electrons. The van der Waals surface area contributed by atoms with Gasteiger partial charge in [-0.3, -0.25) is 9.36 Å². The molecule has 0 aliphatic carbocycles. The first-order valence-electron chi connectivity index (χ1n) is 6.73. The molecule has 110 valence electrons. The number of amides is 1. The highest BCUT2D eigenvalue weighted by Crippen LogP contribution is 2.10. The lowest BCUT2D eigenvalue weighted by molar-refractivity contribution is 0.0945. The van der Waals surface area contributed by atoms with Crippen molar-refractivity contribution < 1.29 is 9.18 Å². The molecule has 3 rings (SSSR count). The molecule has 0 saturated heterocycles. The number of carbonyl (C=O) groups is 1. The van der Waals surface area contributed by atoms with E-state index in [0.29, 0.717) is 5.82 Å². The van der Waals surface area contributed by atoms with Gasteiger partial charge in [-0.25, -0.2) is 4.39 Å². The second-order valence-corrected chi connectivity index (χ2v) is 4.62. The minimum absolute atomic E-state index is 0.00766. The van der Waals surface area contributed by atoms with Crippen LogP contribution in [0.15, 0.2) is 60.9 Å². The van der Waals surface area contributed by atoms with Crippen molar-refractivity contribution in [1.29, 1.82) is 0 Å². The van der Waals surface area contributed by atoms with Crippen LogP contribution in [0, 0.1) is 5.82 Å². The van der Waals surface area contributed by atoms with Crippen molar-refractivity contribution in [3.63, 3.8) is 0 Å². The number of rotatable bonds is 4. The second-order valence-electron chi connectivity index (χ2n) is 4.62. The number of nitrogens with zero attached hydrogens (tertiary/aromatic N) is 3. The van der Waals surface area contributed by atoms with Gasteiger partial charge in [0.15, 0.2) is 5.82 Å². The molecule has 0 atom stereocenters. The van der Waals surface area contributed by atoms with E-state index in [-0.39, 0.29) is 12.1 Å². The van der Waals surface area contributed by atoms with E-state index in [4.69, 9.17) is 0 Å². The van der Waals surface area contributed by atoms with Crippen LogP contribution in [0.25, 0.3) is 5.69 Å². The molecule has 0 aliphatic heterocycles. The molecule has 0 fully saturated rings. The fourth-order valence-corrected chi connectivity index (χ4v) is 2.08. The van der Waals surface area contributed by atoms with Crippen LogP contribution in [-0.2, 0) is 6.54 Å². The first-order chi connectivity index (χ1) is 10.8. The van der Waals surface area contributed by atoms with Gasteiger partial charge in [-0.05, 0) is 24.3 Å². The third-order valence-electron chi connectivity index (χ3n) is 3.18. The highest BCUT2D eigenvalue weighted by Gasteiger charge is 2.12. The molecular weight excluding hydrogens is 283 g/mol. The number of para-hydroxylation sites is 1. The Morgan fingerprint density at radius 1 is 1.09 bits per heavy atom. The van der Waals surface area contributed by atoms with Crippen LogP contribution in [0.4, 0.5) is 4.39 Å². The molecule has 6 heteroatoms. The zero-order valence-corrected chi connectivity index (χ0v) is 11.6. The number of aromatic nitrogens is 3. The van der Waals surface area contributed by atoms with Crippen molar-refractivity contribution in [2.75, 3.05) is 0 Å². The number of carbonyl (C=O) groups excluding carboxylic acids is 1. The Hall–Kier alpha value is -3.02. The van der Waals surface area contributed by atoms with Crippen LogP contribution in [0.1, 0.15) is 16.2 Å². The van der Waals surface area contributed by atoms with Crippen LogP contribution in [0.2, 0.25) is 0 Å². The maximum Gasteiger partial charge on any atom is 0.254 e. The van der Waals surface area contributed by atoms with Crippen LogP contribution in [0.5, 0.6) is 0 Å². The molecule has 0 saturated carbocycles. The minimum atomic E-state index is -0.551. The molecular formula is C16H13FN4O. The number of benzene rings is 2. The van der Waals surface area contributed by atoms with Crippen molar-refractivity contribution in [3.05, 3.63) is 78.1 Å². The number of hydrogen-bond acceptors (Lipinski definition) is 3. The summed E-state index contributed by atoms with van der Waals surface area (Å²) in [6, 6.07) is 15.4. The predicted octanol–water partition coefficient (Wildman–Crippen LogP) is 2.34. The van der Waals surface area contributed by atoms with Gasteiger partial charge in [0.05, 0.1) is 12.1 Å². The maximum absolute atomic E-state index is 13.6. The topological polar surface area (TPSA) is 59.8 Å². The SMILES string of the molecule is O=C(NCc1nncn1-c1ccccc1)c1ccccc1F. The van der Waals surface area contributed by atoms with Gasteiger partial charge in [-0.2, -0.15) is 0 Å². The summed E-state index contributed by atoms with van der Waals surface area (Å²) >= 11 is 0. The van der Waals surface area contributed by atoms with E-state index in [1.165, 1.54) is 18.2 Å². The van der Waals surface area contributed by atoms with E-state index in [1.807, 2.05) is 30.3 Å². The molecule has 1 heterocycles. The largest absolute Gasteiger partial charge is 0.345 e. The van der Waals surface area contributed by atoms with Crippen LogP contribution in [0.3, 0.4) is 0 Å². The molecule has 1 N–H and O–H groups in total. The van der Waals surface area contributed by atoms with Gasteiger partial charge in [-0.1, -0.05) is 30.3 Å². The summed E-state index contributed by atoms with van der Waals surface area (Å²) in [5, 5.41) is 10.5. The summed E-state index contributed by atoms with van der Waals surface area (Å²) in [5.74, 6) is -0.471. The van der Waals surface area contributed by atoms with Gasteiger partial charge in [0.2, 0.25) is 0 Å². The molecule has 2 aromatic carbocycles. The fourth-order valence-electron chi connectivity index (χ4n) is 2.08. The molecule has 0 unspecified atom stereocenters. The zero-order chi connectivity index (χ0) is 15.4. The van der Waals surface area contributed by atoms with E-state index in [9.17, 15) is 9.18 Å². The molecule has 5 nitrogen and oxygen atoms in total. The van der Waals surface area contributed by atoms with Crippen molar-refractivity contribution in [3.8, 4) is 5.69 Å². The van der Waals surface area contributed by atoms with Crippen LogP contribution >= 0.6 is 0 Å². The third-order valence-corrected chi connectivity index (χ3v) is 3.18. The third kappa shape index (κ3) is 2.85. The van der Waals surface area contributed by atoms with Crippen molar-refractivity contribution in [2.45, 2.75) is 6.54 Å². The molecule has 3 aromatic rings. The van der Waals surface area contributed by atoms with Gasteiger partial charge in [0.1, 0.15) is 12.1 Å². The fraction of sp³-hybridized carbons (Fsp3) is 0.0625. The maximum atomic E-state index is 13.6. The summed E-state index contributed by atoms with van der Waals surface area (Å²) in [7, 11) is 0. The Morgan fingerprint density at radius 3 is 2.59 bits per heavy atom. The van der Waals surface area contributed by atoms with Gasteiger partial charge >= 0.3 is 0 Å². The highest BCUT2D eigenvalue weighted by molar-refractivity contribution is 5.94. The van der Waals surface area contributed by atoms with E-state index in [2.05, 4.69) is 15.5 Å². The molecule has 0 bridgehead atoms. The number of nitrogens with one attached hydrogen (secondary N) is 1. The van der Waals surface area contributed by atoms with Crippen LogP contribution in [-0.4, -0.2) is 20.7 Å². The second kappa shape index (κ2) is 6.17. The van der Waals surface area contributed by atoms with E-state index in [0.717, 1.165) is 5.69 Å². The van der Waals surface area contributed by atoms with Crippen LogP contribution < -0.4 is 5.32 Å². The molecule has 0 aliphatic rings. The van der Waals surface area contributed by atoms with Gasteiger partial charge in [0, 0.05) is 5.69 Å². The summed E-state index contributed by atoms with van der Waals surface area (Å²) in [6.45, 7) is 0.155. The Kier molecular flexibility index (Phi) is 3.91. The van der Waals surface area contributed by atoms with Crippen molar-refractivity contribution >= 4 is 5.91 Å². The Labute approximate surface area is 126 Å². The summed E-state index contributed by atoms with van der Waals surface area (Å²) in [6.07, 6.45) is 1.57. The Bertz CT molecular complexity index is 786. The summed E-state index contributed by atoms with van der Waals surface area (Å²) < 4.78 is 15.3. The van der Waals surface area contributed by atoms with Crippen molar-refractivity contribution in [1.82, 2.24) is 20.1 Å². The monoisotopic (exact) mass is 296 g/mol. The quantitative estimate of drug-likeness (QED) is 0.804. The zero-order valence-electron chi connectivity index (χ0n) is 11.6. The number of halogens is 1. The highest BCUT2D eigenvalue weighted by atomic mass is 19.1. The minimum Gasteiger partial charge on any atom is -0.345 e. The lowest BCUT2D eigenvalue weighted by Gasteiger charge is -2.08. The smallest absolute Gasteiger partial charge is 0.254 e. The molecule has 0 spiro atoms. The molecule has 22 heavy (non-hydrogen) atoms. The average Bonchev–Trinajstić information content (AvgIpc) is 3.02. The van der Waals surface area contributed by atoms with Gasteiger partial charge in [0.25, 0.3) is 5.91 Å². The first-order valence-corrected chi connectivity index (χ1v) is 6.73. The number of hydrogen-bond donors (Lipinski definition) is 1. The summed E-state index contributed by atoms with van der Waals surface area (Å²) in [4.78, 5) is 12.0. The molecule has 1 amide bonds. The van der Waals surface area contributed by atoms with E-state index < -0.39 is 11.7 Å². The van der Waals surface area contributed by atoms with E-state index >= 15 is 0 Å². The Balaban J connectivity index is 1.75. The average molecular weight is 296 g/mol. The van der Waals surface area contributed by atoms with Gasteiger partial charge in [-0.15, -0.1) is 10.2 Å². The normalized spacial score (nSPS) is 10.4. The first kappa shape index (κ1) is 13.9. The Morgan fingerprint density at radius 2 is 1.82 bits per heavy atom. The van der Waals surface area contributed by atoms with E-state index in [1.54, 1.807) is 17.0 Å². The lowest BCUT2D eigenvalue weighted by atomic mass is 10.2. The standard InChI is InChI=1S/C16H13FN4O/c17-14-9-5-4-8-13(14)16(22)18-10-15-20-19-11-21(15)12-6-2-1-3-7-12/h1-9,11H,10H2,(H,18,22). The predicted molar refractivity (Wildman–Crippen MR) is 78.9 cm³/mol. The lowest BCUT2D eigenvalue weighted by Crippen LogP contribution is -2.25.